The van der Waals surface area contributed by atoms with Crippen LogP contribution in [-0.4, -0.2) is 35.4 Å². The lowest BCUT2D eigenvalue weighted by Crippen LogP contribution is -2.30. The topological polar surface area (TPSA) is 72.6 Å². The number of pyridine rings is 1. The molecule has 6 nitrogen and oxygen atoms in total. The molecule has 1 aromatic carbocycles. The number of nitrogens with zero attached hydrogens (tertiary/aromatic N) is 2. The molecule has 0 atom stereocenters. The maximum atomic E-state index is 12.2. The predicted octanol–water partition coefficient (Wildman–Crippen LogP) is 3.81. The van der Waals surface area contributed by atoms with Crippen LogP contribution in [0.5, 0.6) is 0 Å². The zero-order chi connectivity index (χ0) is 19.2. The van der Waals surface area contributed by atoms with Crippen LogP contribution >= 0.6 is 11.6 Å². The first-order valence-corrected chi connectivity index (χ1v) is 8.57. The van der Waals surface area contributed by atoms with Crippen molar-refractivity contribution >= 4 is 23.5 Å². The summed E-state index contributed by atoms with van der Waals surface area (Å²) < 4.78 is 10.8. The number of hydrogen-bond acceptors (Lipinski definition) is 5. The molecule has 3 rings (SSSR count). The second-order valence-electron chi connectivity index (χ2n) is 5.81. The van der Waals surface area contributed by atoms with Gasteiger partial charge in [-0.1, -0.05) is 17.7 Å². The number of carbonyl (C=O) groups excluding carboxylic acids is 2. The first-order valence-electron chi connectivity index (χ1n) is 8.19. The third kappa shape index (κ3) is 4.95. The summed E-state index contributed by atoms with van der Waals surface area (Å²) in [6, 6.07) is 15.8. The van der Waals surface area contributed by atoms with Gasteiger partial charge in [-0.05, 0) is 48.5 Å². The lowest BCUT2D eigenvalue weighted by molar-refractivity contribution is -0.134. The molecule has 0 unspecified atom stereocenters. The minimum atomic E-state index is -0.639. The van der Waals surface area contributed by atoms with Gasteiger partial charge in [-0.25, -0.2) is 9.78 Å². The molecular formula is C20H17ClN2O4. The smallest absolute Gasteiger partial charge is 0.357 e. The van der Waals surface area contributed by atoms with Crippen LogP contribution in [0.2, 0.25) is 5.02 Å². The number of rotatable bonds is 6. The first-order chi connectivity index (χ1) is 13.0. The average molecular weight is 385 g/mol. The van der Waals surface area contributed by atoms with E-state index in [1.165, 1.54) is 17.2 Å². The number of halogens is 1. The summed E-state index contributed by atoms with van der Waals surface area (Å²) >= 11 is 5.88. The van der Waals surface area contributed by atoms with E-state index in [-0.39, 0.29) is 24.8 Å². The SMILES string of the molecule is CN(Cc1ccc(-c2ccc(Cl)cc2)o1)C(=O)COC(=O)c1ccccn1. The van der Waals surface area contributed by atoms with Gasteiger partial charge in [0.05, 0.1) is 6.54 Å². The molecule has 3 aromatic rings. The van der Waals surface area contributed by atoms with Crippen LogP contribution in [-0.2, 0) is 16.1 Å². The van der Waals surface area contributed by atoms with Gasteiger partial charge in [0, 0.05) is 23.8 Å². The Morgan fingerprint density at radius 2 is 1.89 bits per heavy atom. The molecule has 0 N–H and O–H groups in total. The van der Waals surface area contributed by atoms with E-state index in [1.807, 2.05) is 18.2 Å². The van der Waals surface area contributed by atoms with Crippen LogP contribution in [0.15, 0.2) is 65.2 Å². The number of carbonyl (C=O) groups is 2. The number of furan rings is 1. The maximum Gasteiger partial charge on any atom is 0.357 e. The van der Waals surface area contributed by atoms with Crippen molar-refractivity contribution in [1.29, 1.82) is 0 Å². The van der Waals surface area contributed by atoms with Gasteiger partial charge in [-0.15, -0.1) is 0 Å². The first kappa shape index (κ1) is 18.7. The van der Waals surface area contributed by atoms with Crippen LogP contribution in [0.25, 0.3) is 11.3 Å². The van der Waals surface area contributed by atoms with Crippen molar-refractivity contribution in [2.45, 2.75) is 6.54 Å². The van der Waals surface area contributed by atoms with Crippen LogP contribution in [0.3, 0.4) is 0 Å². The van der Waals surface area contributed by atoms with Gasteiger partial charge < -0.3 is 14.1 Å². The van der Waals surface area contributed by atoms with E-state index >= 15 is 0 Å². The fourth-order valence-corrected chi connectivity index (χ4v) is 2.48. The van der Waals surface area contributed by atoms with Crippen molar-refractivity contribution in [2.75, 3.05) is 13.7 Å². The minimum absolute atomic E-state index is 0.159. The number of likely N-dealkylation sites (N-methyl/N-ethyl adjacent to an activating group) is 1. The maximum absolute atomic E-state index is 12.2. The molecule has 0 saturated carbocycles. The molecule has 27 heavy (non-hydrogen) atoms. The molecule has 0 bridgehead atoms. The van der Waals surface area contributed by atoms with Gasteiger partial charge in [0.1, 0.15) is 17.2 Å². The van der Waals surface area contributed by atoms with Crippen molar-refractivity contribution in [3.63, 3.8) is 0 Å². The van der Waals surface area contributed by atoms with Gasteiger partial charge in [0.15, 0.2) is 6.61 Å². The molecule has 0 aliphatic heterocycles. The van der Waals surface area contributed by atoms with Crippen LogP contribution in [0, 0.1) is 0 Å². The number of ether oxygens (including phenoxy) is 1. The van der Waals surface area contributed by atoms with Gasteiger partial charge in [-0.2, -0.15) is 0 Å². The van der Waals surface area contributed by atoms with Crippen molar-refractivity contribution < 1.29 is 18.7 Å². The quantitative estimate of drug-likeness (QED) is 0.604. The van der Waals surface area contributed by atoms with Gasteiger partial charge in [-0.3, -0.25) is 4.79 Å². The molecule has 0 spiro atoms. The Morgan fingerprint density at radius 3 is 2.59 bits per heavy atom. The summed E-state index contributed by atoms with van der Waals surface area (Å²) in [4.78, 5) is 29.3. The number of aromatic nitrogens is 1. The van der Waals surface area contributed by atoms with Gasteiger partial charge in [0.2, 0.25) is 0 Å². The highest BCUT2D eigenvalue weighted by Crippen LogP contribution is 2.24. The van der Waals surface area contributed by atoms with Gasteiger partial charge in [0.25, 0.3) is 5.91 Å². The fourth-order valence-electron chi connectivity index (χ4n) is 2.35. The molecule has 1 amide bonds. The monoisotopic (exact) mass is 384 g/mol. The molecule has 2 aromatic heterocycles. The van der Waals surface area contributed by atoms with E-state index in [9.17, 15) is 9.59 Å². The summed E-state index contributed by atoms with van der Waals surface area (Å²) in [5, 5.41) is 0.649. The number of amides is 1. The second kappa shape index (κ2) is 8.51. The standard InChI is InChI=1S/C20H17ClN2O4/c1-23(19(24)13-26-20(25)17-4-2-3-11-22-17)12-16-9-10-18(27-16)14-5-7-15(21)8-6-14/h2-11H,12-13H2,1H3. The van der Waals surface area contributed by atoms with E-state index in [0.717, 1.165) is 5.56 Å². The summed E-state index contributed by atoms with van der Waals surface area (Å²) in [6.45, 7) is -0.107. The van der Waals surface area contributed by atoms with E-state index in [2.05, 4.69) is 4.98 Å². The molecule has 0 radical (unpaired) electrons. The molecule has 0 aliphatic rings. The van der Waals surface area contributed by atoms with Crippen LogP contribution < -0.4 is 0 Å². The van der Waals surface area contributed by atoms with Crippen molar-refractivity contribution in [2.24, 2.45) is 0 Å². The third-order valence-corrected chi connectivity index (χ3v) is 4.06. The average Bonchev–Trinajstić information content (AvgIpc) is 3.15. The lowest BCUT2D eigenvalue weighted by Gasteiger charge is -2.15. The number of benzene rings is 1. The lowest BCUT2D eigenvalue weighted by atomic mass is 10.2. The Bertz CT molecular complexity index is 923. The summed E-state index contributed by atoms with van der Waals surface area (Å²) in [5.74, 6) is 0.319. The highest BCUT2D eigenvalue weighted by atomic mass is 35.5. The zero-order valence-electron chi connectivity index (χ0n) is 14.6. The second-order valence-corrected chi connectivity index (χ2v) is 6.25. The van der Waals surface area contributed by atoms with Crippen molar-refractivity contribution in [1.82, 2.24) is 9.88 Å². The Balaban J connectivity index is 1.54. The molecular weight excluding hydrogens is 368 g/mol. The zero-order valence-corrected chi connectivity index (χ0v) is 15.3. The Kier molecular flexibility index (Phi) is 5.88. The normalized spacial score (nSPS) is 10.4. The Hall–Kier alpha value is -3.12. The Morgan fingerprint density at radius 1 is 1.11 bits per heavy atom. The molecule has 138 valence electrons. The van der Waals surface area contributed by atoms with Crippen molar-refractivity contribution in [3.05, 3.63) is 77.3 Å². The van der Waals surface area contributed by atoms with E-state index in [4.69, 9.17) is 20.8 Å². The highest BCUT2D eigenvalue weighted by Gasteiger charge is 2.16. The molecule has 0 fully saturated rings. The number of esters is 1. The van der Waals surface area contributed by atoms with Crippen LogP contribution in [0.1, 0.15) is 16.2 Å². The van der Waals surface area contributed by atoms with E-state index < -0.39 is 5.97 Å². The highest BCUT2D eigenvalue weighted by molar-refractivity contribution is 6.30. The van der Waals surface area contributed by atoms with E-state index in [0.29, 0.717) is 16.5 Å². The summed E-state index contributed by atoms with van der Waals surface area (Å²) in [7, 11) is 1.61. The molecule has 7 heteroatoms. The molecule has 0 aliphatic carbocycles. The molecule has 2 heterocycles. The molecule has 0 saturated heterocycles. The Labute approximate surface area is 161 Å². The van der Waals surface area contributed by atoms with Crippen LogP contribution in [0.4, 0.5) is 0 Å². The predicted molar refractivity (Wildman–Crippen MR) is 100 cm³/mol. The van der Waals surface area contributed by atoms with Gasteiger partial charge >= 0.3 is 5.97 Å². The largest absolute Gasteiger partial charge is 0.459 e. The number of hydrogen-bond donors (Lipinski definition) is 0. The third-order valence-electron chi connectivity index (χ3n) is 3.81. The summed E-state index contributed by atoms with van der Waals surface area (Å²) in [6.07, 6.45) is 1.49. The fraction of sp³-hybridized carbons (Fsp3) is 0.150. The summed E-state index contributed by atoms with van der Waals surface area (Å²) in [5.41, 5.74) is 1.05. The van der Waals surface area contributed by atoms with Crippen molar-refractivity contribution in [3.8, 4) is 11.3 Å². The van der Waals surface area contributed by atoms with E-state index in [1.54, 1.807) is 37.4 Å². The minimum Gasteiger partial charge on any atom is -0.459 e.